The number of aliphatic imine (C=N–C) groups is 2. The fourth-order valence-electron chi connectivity index (χ4n) is 7.13. The summed E-state index contributed by atoms with van der Waals surface area (Å²) in [6.45, 7) is 0.552. The van der Waals surface area contributed by atoms with Crippen molar-refractivity contribution in [1.29, 1.82) is 0 Å². The highest BCUT2D eigenvalue weighted by Crippen LogP contribution is 2.44. The third-order valence-electron chi connectivity index (χ3n) is 8.98. The van der Waals surface area contributed by atoms with Crippen LogP contribution in [0.3, 0.4) is 0 Å². The van der Waals surface area contributed by atoms with E-state index in [1.807, 2.05) is 0 Å². The molecule has 10 rings (SSSR count). The Kier molecular flexibility index (Phi) is 4.11. The van der Waals surface area contributed by atoms with Crippen LogP contribution in [0, 0.1) is 0 Å². The van der Waals surface area contributed by atoms with E-state index in [1.54, 1.807) is 0 Å². The number of nitrogens with zero attached hydrogens (tertiary/aromatic N) is 6. The second kappa shape index (κ2) is 7.77. The molecule has 4 unspecified atom stereocenters. The molecule has 5 aliphatic heterocycles. The SMILES string of the molecule is c1ccc2c(c1)/C1=N/C3NC(/N=C4/c5ccccc5C5/N=c6\[nH]/c(c7ccccc67)=N\C2N1CN45)c1ccccc13. The maximum absolute atomic E-state index is 5.42. The van der Waals surface area contributed by atoms with Crippen LogP contribution in [0.5, 0.6) is 0 Å². The van der Waals surface area contributed by atoms with Gasteiger partial charge in [-0.05, 0) is 11.1 Å². The number of aromatic nitrogens is 1. The number of benzene rings is 4. The van der Waals surface area contributed by atoms with Crippen LogP contribution in [0.1, 0.15) is 58.0 Å². The van der Waals surface area contributed by atoms with Crippen LogP contribution in [0.4, 0.5) is 0 Å². The van der Waals surface area contributed by atoms with Crippen molar-refractivity contribution in [2.45, 2.75) is 24.7 Å². The summed E-state index contributed by atoms with van der Waals surface area (Å²) >= 11 is 0. The molecule has 196 valence electrons. The summed E-state index contributed by atoms with van der Waals surface area (Å²) in [7, 11) is 0. The van der Waals surface area contributed by atoms with Gasteiger partial charge < -0.3 is 14.8 Å². The maximum Gasteiger partial charge on any atom is 0.152 e. The molecule has 8 heteroatoms. The Morgan fingerprint density at radius 2 is 0.951 bits per heavy atom. The summed E-state index contributed by atoms with van der Waals surface area (Å²) in [6, 6.07) is 34.0. The predicted octanol–water partition coefficient (Wildman–Crippen LogP) is 4.21. The van der Waals surface area contributed by atoms with E-state index in [1.165, 1.54) is 0 Å². The summed E-state index contributed by atoms with van der Waals surface area (Å²) in [5.41, 5.74) is 8.54. The van der Waals surface area contributed by atoms with Gasteiger partial charge in [-0.2, -0.15) is 0 Å². The van der Waals surface area contributed by atoms with Gasteiger partial charge in [-0.25, -0.2) is 20.0 Å². The second-order valence-electron chi connectivity index (χ2n) is 11.1. The lowest BCUT2D eigenvalue weighted by Gasteiger charge is -2.34. The molecule has 0 saturated heterocycles. The molecular weight excluding hydrogens is 508 g/mol. The van der Waals surface area contributed by atoms with Crippen molar-refractivity contribution in [2.75, 3.05) is 6.67 Å². The second-order valence-corrected chi connectivity index (χ2v) is 11.1. The fraction of sp³-hybridized carbons (Fsp3) is 0.152. The fourth-order valence-corrected chi connectivity index (χ4v) is 7.13. The lowest BCUT2D eigenvalue weighted by atomic mass is 10.1. The summed E-state index contributed by atoms with van der Waals surface area (Å²) in [4.78, 5) is 29.9. The van der Waals surface area contributed by atoms with Gasteiger partial charge in [0.2, 0.25) is 0 Å². The number of hydrogen-bond acceptors (Lipinski definition) is 7. The van der Waals surface area contributed by atoms with Crippen LogP contribution >= 0.6 is 0 Å². The summed E-state index contributed by atoms with van der Waals surface area (Å²) in [5, 5.41) is 5.88. The summed E-state index contributed by atoms with van der Waals surface area (Å²) in [5.74, 6) is 1.88. The van der Waals surface area contributed by atoms with Crippen LogP contribution in [0.25, 0.3) is 10.8 Å². The van der Waals surface area contributed by atoms with Crippen LogP contribution in [-0.2, 0) is 0 Å². The van der Waals surface area contributed by atoms with Crippen LogP contribution in [0.15, 0.2) is 117 Å². The molecule has 1 aromatic heterocycles. The molecule has 0 spiro atoms. The number of rotatable bonds is 0. The number of nitrogens with one attached hydrogen (secondary N) is 2. The molecule has 4 aromatic carbocycles. The topological polar surface area (TPSA) is 83.7 Å². The van der Waals surface area contributed by atoms with Crippen molar-refractivity contribution in [3.8, 4) is 0 Å². The van der Waals surface area contributed by atoms with E-state index in [4.69, 9.17) is 20.0 Å². The van der Waals surface area contributed by atoms with Crippen molar-refractivity contribution < 1.29 is 0 Å². The lowest BCUT2D eigenvalue weighted by molar-refractivity contribution is 0.194. The summed E-state index contributed by atoms with van der Waals surface area (Å²) < 4.78 is 0. The van der Waals surface area contributed by atoms with E-state index in [9.17, 15) is 0 Å². The van der Waals surface area contributed by atoms with Crippen LogP contribution < -0.4 is 16.3 Å². The van der Waals surface area contributed by atoms with E-state index in [0.717, 1.165) is 66.8 Å². The van der Waals surface area contributed by atoms with E-state index >= 15 is 0 Å². The minimum Gasteiger partial charge on any atom is -0.324 e. The van der Waals surface area contributed by atoms with Gasteiger partial charge >= 0.3 is 0 Å². The van der Waals surface area contributed by atoms with Gasteiger partial charge in [-0.3, -0.25) is 5.32 Å². The zero-order valence-corrected chi connectivity index (χ0v) is 21.9. The quantitative estimate of drug-likeness (QED) is 0.313. The molecule has 6 heterocycles. The van der Waals surface area contributed by atoms with E-state index in [-0.39, 0.29) is 24.7 Å². The van der Waals surface area contributed by atoms with Gasteiger partial charge in [-0.1, -0.05) is 97.1 Å². The number of amidine groups is 2. The van der Waals surface area contributed by atoms with Crippen molar-refractivity contribution in [3.05, 3.63) is 141 Å². The lowest BCUT2D eigenvalue weighted by Crippen LogP contribution is -2.44. The average molecular weight is 533 g/mol. The number of hydrogen-bond donors (Lipinski definition) is 2. The Morgan fingerprint density at radius 3 is 1.46 bits per heavy atom. The molecule has 41 heavy (non-hydrogen) atoms. The maximum atomic E-state index is 5.42. The molecular formula is C33H24N8. The first-order valence-corrected chi connectivity index (χ1v) is 14.1. The van der Waals surface area contributed by atoms with Crippen molar-refractivity contribution in [1.82, 2.24) is 20.1 Å². The number of H-pyrrole nitrogens is 1. The average Bonchev–Trinajstić information content (AvgIpc) is 3.72. The van der Waals surface area contributed by atoms with Crippen LogP contribution in [-0.4, -0.2) is 33.1 Å². The predicted molar refractivity (Wildman–Crippen MR) is 156 cm³/mol. The normalized spacial score (nSPS) is 28.7. The first-order valence-electron chi connectivity index (χ1n) is 14.1. The largest absolute Gasteiger partial charge is 0.324 e. The zero-order valence-electron chi connectivity index (χ0n) is 21.9. The molecule has 5 aliphatic rings. The van der Waals surface area contributed by atoms with Crippen molar-refractivity contribution in [3.63, 3.8) is 0 Å². The number of aromatic amines is 1. The zero-order chi connectivity index (χ0) is 26.7. The van der Waals surface area contributed by atoms with E-state index in [2.05, 4.69) is 117 Å². The molecule has 5 aromatic rings. The Hall–Kier alpha value is -5.08. The first kappa shape index (κ1) is 21.7. The third kappa shape index (κ3) is 2.87. The van der Waals surface area contributed by atoms with Gasteiger partial charge in [0.1, 0.15) is 35.0 Å². The van der Waals surface area contributed by atoms with Gasteiger partial charge in [0, 0.05) is 33.0 Å². The smallest absolute Gasteiger partial charge is 0.152 e. The Bertz CT molecular complexity index is 1980. The highest BCUT2D eigenvalue weighted by molar-refractivity contribution is 6.06. The van der Waals surface area contributed by atoms with Gasteiger partial charge in [0.15, 0.2) is 12.3 Å². The highest BCUT2D eigenvalue weighted by Gasteiger charge is 2.44. The summed E-state index contributed by atoms with van der Waals surface area (Å²) in [6.07, 6.45) is -0.926. The molecule has 2 N–H and O–H groups in total. The van der Waals surface area contributed by atoms with E-state index < -0.39 is 0 Å². The Labute approximate surface area is 235 Å². The van der Waals surface area contributed by atoms with Gasteiger partial charge in [0.25, 0.3) is 0 Å². The molecule has 8 nitrogen and oxygen atoms in total. The molecule has 0 fully saturated rings. The van der Waals surface area contributed by atoms with Gasteiger partial charge in [-0.15, -0.1) is 0 Å². The van der Waals surface area contributed by atoms with Crippen LogP contribution in [0.2, 0.25) is 0 Å². The minimum absolute atomic E-state index is 0.209. The molecule has 0 saturated carbocycles. The molecule has 0 aliphatic carbocycles. The van der Waals surface area contributed by atoms with E-state index in [0.29, 0.717) is 6.67 Å². The molecule has 0 amide bonds. The molecule has 0 radical (unpaired) electrons. The molecule has 4 atom stereocenters. The Morgan fingerprint density at radius 1 is 0.512 bits per heavy atom. The third-order valence-corrected chi connectivity index (χ3v) is 8.98. The van der Waals surface area contributed by atoms with Crippen molar-refractivity contribution in [2.24, 2.45) is 20.0 Å². The van der Waals surface area contributed by atoms with Crippen molar-refractivity contribution >= 4 is 22.4 Å². The Balaban J connectivity index is 1.35. The van der Waals surface area contributed by atoms with Gasteiger partial charge in [0.05, 0.1) is 6.67 Å². The highest BCUT2D eigenvalue weighted by atomic mass is 15.5. The molecule has 6 bridgehead atoms. The first-order chi connectivity index (χ1) is 20.3. The standard InChI is InChI=1S/C33H24N8/c1-2-10-19-18(9-1)26-34-27(19)37-31-24-15-7-8-16-25(24)33-39-29-21-12-4-3-11-20(21)28(35-29)38-32-23-14-6-5-13-22(23)30(36-26)40(32)17-41(31)33/h1-16,26-27,32-34H,17H2,(H,35,38,39)/b36-30-,37-31-. The minimum atomic E-state index is -0.254. The number of fused-ring (bicyclic) bond motifs is 16. The monoisotopic (exact) mass is 532 g/mol.